The van der Waals surface area contributed by atoms with E-state index in [9.17, 15) is 19.8 Å². The summed E-state index contributed by atoms with van der Waals surface area (Å²) in [6.45, 7) is 4.89. The first-order valence-electron chi connectivity index (χ1n) is 32.1. The lowest BCUT2D eigenvalue weighted by Gasteiger charge is -2.20. The highest BCUT2D eigenvalue weighted by atomic mass is 16.5. The molecule has 2 unspecified atom stereocenters. The van der Waals surface area contributed by atoms with E-state index < -0.39 is 12.1 Å². The van der Waals surface area contributed by atoms with E-state index >= 15 is 0 Å². The summed E-state index contributed by atoms with van der Waals surface area (Å²) in [4.78, 5) is 24.5. The summed E-state index contributed by atoms with van der Waals surface area (Å²) >= 11 is 0. The van der Waals surface area contributed by atoms with Gasteiger partial charge >= 0.3 is 5.97 Å². The molecule has 0 saturated heterocycles. The molecule has 6 nitrogen and oxygen atoms in total. The number of nitrogens with one attached hydrogen (secondary N) is 1. The molecule has 0 fully saturated rings. The molecule has 0 aromatic carbocycles. The molecule has 2 atom stereocenters. The molecule has 71 heavy (non-hydrogen) atoms. The molecule has 0 aromatic heterocycles. The Labute approximate surface area is 443 Å². The third-order valence-electron chi connectivity index (χ3n) is 15.0. The Bertz CT molecular complexity index is 1110. The maximum Gasteiger partial charge on any atom is 0.305 e. The average Bonchev–Trinajstić information content (AvgIpc) is 3.37. The second-order valence-electron chi connectivity index (χ2n) is 22.1. The van der Waals surface area contributed by atoms with E-state index in [1.807, 2.05) is 6.08 Å². The first-order chi connectivity index (χ1) is 35.0. The van der Waals surface area contributed by atoms with Crippen molar-refractivity contribution in [2.45, 2.75) is 366 Å². The summed E-state index contributed by atoms with van der Waals surface area (Å²) in [6.07, 6.45) is 75.3. The zero-order valence-electron chi connectivity index (χ0n) is 48.0. The molecule has 3 N–H and O–H groups in total. The Kier molecular flexibility index (Phi) is 59.5. The molecular weight excluding hydrogens is 875 g/mol. The molecule has 0 saturated carbocycles. The molecular formula is C65H125NO5. The fourth-order valence-corrected chi connectivity index (χ4v) is 10.0. The zero-order chi connectivity index (χ0) is 51.4. The molecule has 0 heterocycles. The second kappa shape index (κ2) is 60.9. The van der Waals surface area contributed by atoms with Crippen LogP contribution < -0.4 is 5.32 Å². The monoisotopic (exact) mass is 1000 g/mol. The molecule has 420 valence electrons. The lowest BCUT2D eigenvalue weighted by Crippen LogP contribution is -2.45. The van der Waals surface area contributed by atoms with Crippen molar-refractivity contribution >= 4 is 11.9 Å². The number of unbranched alkanes of at least 4 members (excludes halogenated alkanes) is 47. The summed E-state index contributed by atoms with van der Waals surface area (Å²) in [7, 11) is 0. The number of hydrogen-bond donors (Lipinski definition) is 3. The Hall–Kier alpha value is -1.66. The maximum absolute atomic E-state index is 12.4. The number of rotatable bonds is 60. The lowest BCUT2D eigenvalue weighted by atomic mass is 10.0. The molecule has 0 aromatic rings. The Morgan fingerprint density at radius 3 is 1.00 bits per heavy atom. The van der Waals surface area contributed by atoms with Gasteiger partial charge in [0.2, 0.25) is 5.91 Å². The fourth-order valence-electron chi connectivity index (χ4n) is 10.0. The number of hydrogen-bond acceptors (Lipinski definition) is 5. The van der Waals surface area contributed by atoms with E-state index in [-0.39, 0.29) is 18.5 Å². The van der Waals surface area contributed by atoms with Crippen molar-refractivity contribution in [1.82, 2.24) is 5.32 Å². The highest BCUT2D eigenvalue weighted by molar-refractivity contribution is 5.76. The normalized spacial score (nSPS) is 12.7. The smallest absolute Gasteiger partial charge is 0.305 e. The minimum Gasteiger partial charge on any atom is -0.466 e. The SMILES string of the molecule is CCCCCCCCC/C=C\CCCCCCCCCC(=O)OCCCCCCCCCCCCCCCCCCCCCCCCCCCCCC(=O)NC(CO)C(O)/C=C/CCCCCCCCC. The molecule has 0 aliphatic rings. The van der Waals surface area contributed by atoms with Crippen molar-refractivity contribution in [1.29, 1.82) is 0 Å². The molecule has 0 spiro atoms. The topological polar surface area (TPSA) is 95.9 Å². The van der Waals surface area contributed by atoms with Gasteiger partial charge in [-0.2, -0.15) is 0 Å². The Morgan fingerprint density at radius 1 is 0.380 bits per heavy atom. The molecule has 0 aliphatic heterocycles. The van der Waals surface area contributed by atoms with Crippen LogP contribution in [0.5, 0.6) is 0 Å². The van der Waals surface area contributed by atoms with Gasteiger partial charge in [-0.25, -0.2) is 0 Å². The molecule has 0 radical (unpaired) electrons. The quantitative estimate of drug-likeness (QED) is 0.0320. The van der Waals surface area contributed by atoms with Gasteiger partial charge in [0.05, 0.1) is 25.4 Å². The number of carbonyl (C=O) groups excluding carboxylic acids is 2. The average molecular weight is 1000 g/mol. The van der Waals surface area contributed by atoms with E-state index in [2.05, 4.69) is 31.3 Å². The summed E-state index contributed by atoms with van der Waals surface area (Å²) in [5.74, 6) is -0.0519. The van der Waals surface area contributed by atoms with Crippen LogP contribution in [-0.4, -0.2) is 47.4 Å². The molecule has 0 aliphatic carbocycles. The van der Waals surface area contributed by atoms with Gasteiger partial charge in [0, 0.05) is 12.8 Å². The first kappa shape index (κ1) is 69.3. The van der Waals surface area contributed by atoms with Crippen LogP contribution in [0, 0.1) is 0 Å². The van der Waals surface area contributed by atoms with Crippen molar-refractivity contribution in [3.63, 3.8) is 0 Å². The van der Waals surface area contributed by atoms with Gasteiger partial charge in [0.25, 0.3) is 0 Å². The third-order valence-corrected chi connectivity index (χ3v) is 15.0. The van der Waals surface area contributed by atoms with Crippen molar-refractivity contribution in [2.24, 2.45) is 0 Å². The van der Waals surface area contributed by atoms with Gasteiger partial charge in [0.15, 0.2) is 0 Å². The van der Waals surface area contributed by atoms with Crippen molar-refractivity contribution < 1.29 is 24.5 Å². The largest absolute Gasteiger partial charge is 0.466 e. The van der Waals surface area contributed by atoms with Gasteiger partial charge in [-0.1, -0.05) is 308 Å². The van der Waals surface area contributed by atoms with Crippen molar-refractivity contribution in [3.8, 4) is 0 Å². The van der Waals surface area contributed by atoms with Crippen molar-refractivity contribution in [2.75, 3.05) is 13.2 Å². The fraction of sp³-hybridized carbons (Fsp3) is 0.908. The summed E-state index contributed by atoms with van der Waals surface area (Å²) < 4.78 is 5.50. The molecule has 6 heteroatoms. The van der Waals surface area contributed by atoms with Gasteiger partial charge in [0.1, 0.15) is 0 Å². The number of aliphatic hydroxyl groups excluding tert-OH is 2. The van der Waals surface area contributed by atoms with Gasteiger partial charge in [-0.05, 0) is 57.8 Å². The number of allylic oxidation sites excluding steroid dienone is 3. The van der Waals surface area contributed by atoms with Crippen LogP contribution in [0.2, 0.25) is 0 Å². The molecule has 0 rings (SSSR count). The number of ether oxygens (including phenoxy) is 1. The van der Waals surface area contributed by atoms with E-state index in [0.29, 0.717) is 19.4 Å². The van der Waals surface area contributed by atoms with E-state index in [4.69, 9.17) is 4.74 Å². The van der Waals surface area contributed by atoms with Crippen LogP contribution in [0.4, 0.5) is 0 Å². The van der Waals surface area contributed by atoms with E-state index in [0.717, 1.165) is 44.9 Å². The Balaban J connectivity index is 3.31. The predicted octanol–water partition coefficient (Wildman–Crippen LogP) is 20.2. The summed E-state index contributed by atoms with van der Waals surface area (Å²) in [6, 6.07) is -0.623. The number of amides is 1. The minimum atomic E-state index is -0.840. The maximum atomic E-state index is 12.4. The van der Waals surface area contributed by atoms with Crippen LogP contribution >= 0.6 is 0 Å². The number of aliphatic hydroxyl groups is 2. The van der Waals surface area contributed by atoms with Gasteiger partial charge in [-0.3, -0.25) is 9.59 Å². The molecule has 1 amide bonds. The lowest BCUT2D eigenvalue weighted by molar-refractivity contribution is -0.143. The van der Waals surface area contributed by atoms with E-state index in [1.54, 1.807) is 6.08 Å². The van der Waals surface area contributed by atoms with Crippen LogP contribution in [0.1, 0.15) is 354 Å². The standard InChI is InChI=1S/C65H125NO5/c1-3-5-7-9-11-13-14-15-16-17-30-33-36-39-43-47-51-55-59-65(70)71-60-56-52-48-44-40-37-34-31-28-26-24-22-20-18-19-21-23-25-27-29-32-35-38-42-46-50-54-58-64(69)66-62(61-67)63(68)57-53-49-45-41-12-10-8-6-4-2/h16-17,53,57,62-63,67-68H,3-15,18-52,54-56,58-61H2,1-2H3,(H,66,69)/b17-16-,57-53+. The number of carbonyl (C=O) groups is 2. The highest BCUT2D eigenvalue weighted by Crippen LogP contribution is 2.18. The van der Waals surface area contributed by atoms with Gasteiger partial charge in [-0.15, -0.1) is 0 Å². The summed E-state index contributed by atoms with van der Waals surface area (Å²) in [5, 5.41) is 23.0. The minimum absolute atomic E-state index is 0.0150. The zero-order valence-corrected chi connectivity index (χ0v) is 48.0. The highest BCUT2D eigenvalue weighted by Gasteiger charge is 2.18. The second-order valence-corrected chi connectivity index (χ2v) is 22.1. The third kappa shape index (κ3) is 57.5. The van der Waals surface area contributed by atoms with Gasteiger partial charge < -0.3 is 20.3 Å². The van der Waals surface area contributed by atoms with Crippen LogP contribution in [0.3, 0.4) is 0 Å². The Morgan fingerprint density at radius 2 is 0.662 bits per heavy atom. The molecule has 0 bridgehead atoms. The number of esters is 1. The van der Waals surface area contributed by atoms with Crippen LogP contribution in [0.25, 0.3) is 0 Å². The predicted molar refractivity (Wildman–Crippen MR) is 310 cm³/mol. The van der Waals surface area contributed by atoms with E-state index in [1.165, 1.54) is 283 Å². The van der Waals surface area contributed by atoms with Crippen LogP contribution in [-0.2, 0) is 14.3 Å². The first-order valence-corrected chi connectivity index (χ1v) is 32.1. The van der Waals surface area contributed by atoms with Crippen LogP contribution in [0.15, 0.2) is 24.3 Å². The summed E-state index contributed by atoms with van der Waals surface area (Å²) in [5.41, 5.74) is 0. The van der Waals surface area contributed by atoms with Crippen molar-refractivity contribution in [3.05, 3.63) is 24.3 Å².